The number of anilines is 1. The molecule has 3 unspecified atom stereocenters. The standard InChI is InChI=1S/C20H23N3O3/c1-22(20(25)18-7-4-10-26-18)17-6-3-2-5-14(17)19(24)23-11-13-8-9-16(21)15(13)12-23/h2-7,10,13,15-16H,8-9,11-12,21H2,1H3. The average molecular weight is 353 g/mol. The van der Waals surface area contributed by atoms with Crippen LogP contribution in [-0.2, 0) is 0 Å². The number of nitrogens with two attached hydrogens (primary N) is 1. The van der Waals surface area contributed by atoms with Crippen LogP contribution in [-0.4, -0.2) is 42.9 Å². The largest absolute Gasteiger partial charge is 0.459 e. The maximum absolute atomic E-state index is 13.1. The summed E-state index contributed by atoms with van der Waals surface area (Å²) in [6.45, 7) is 1.45. The summed E-state index contributed by atoms with van der Waals surface area (Å²) in [5.74, 6) is 0.825. The number of carbonyl (C=O) groups excluding carboxylic acids is 2. The molecular weight excluding hydrogens is 330 g/mol. The zero-order valence-electron chi connectivity index (χ0n) is 14.8. The first kappa shape index (κ1) is 16.8. The Bertz CT molecular complexity index is 817. The summed E-state index contributed by atoms with van der Waals surface area (Å²) >= 11 is 0. The van der Waals surface area contributed by atoms with Gasteiger partial charge in [0.05, 0.1) is 17.5 Å². The van der Waals surface area contributed by atoms with Crippen LogP contribution in [0, 0.1) is 11.8 Å². The fourth-order valence-corrected chi connectivity index (χ4v) is 4.27. The zero-order chi connectivity index (χ0) is 18.3. The minimum absolute atomic E-state index is 0.0405. The molecule has 1 aliphatic carbocycles. The van der Waals surface area contributed by atoms with E-state index in [0.717, 1.165) is 19.4 Å². The van der Waals surface area contributed by atoms with Crippen LogP contribution >= 0.6 is 0 Å². The van der Waals surface area contributed by atoms with Gasteiger partial charge < -0.3 is 20.0 Å². The predicted molar refractivity (Wildman–Crippen MR) is 98.0 cm³/mol. The summed E-state index contributed by atoms with van der Waals surface area (Å²) in [6.07, 6.45) is 3.60. The Morgan fingerprint density at radius 2 is 1.96 bits per heavy atom. The molecule has 0 spiro atoms. The average Bonchev–Trinajstić information content (AvgIpc) is 3.39. The van der Waals surface area contributed by atoms with Gasteiger partial charge in [0, 0.05) is 26.2 Å². The number of rotatable bonds is 3. The normalized spacial score (nSPS) is 24.5. The first-order chi connectivity index (χ1) is 12.6. The van der Waals surface area contributed by atoms with Crippen molar-refractivity contribution in [1.82, 2.24) is 4.90 Å². The Kier molecular flexibility index (Phi) is 4.28. The Balaban J connectivity index is 1.58. The second-order valence-electron chi connectivity index (χ2n) is 7.23. The number of nitrogens with zero attached hydrogens (tertiary/aromatic N) is 2. The van der Waals surface area contributed by atoms with Gasteiger partial charge in [-0.15, -0.1) is 0 Å². The first-order valence-corrected chi connectivity index (χ1v) is 9.01. The molecule has 2 amide bonds. The lowest BCUT2D eigenvalue weighted by molar-refractivity contribution is 0.0780. The summed E-state index contributed by atoms with van der Waals surface area (Å²) in [6, 6.07) is 10.7. The third-order valence-corrected chi connectivity index (χ3v) is 5.73. The van der Waals surface area contributed by atoms with Crippen LogP contribution in [0.4, 0.5) is 5.69 Å². The quantitative estimate of drug-likeness (QED) is 0.919. The summed E-state index contributed by atoms with van der Waals surface area (Å²) < 4.78 is 5.20. The lowest BCUT2D eigenvalue weighted by Crippen LogP contribution is -2.35. The minimum Gasteiger partial charge on any atom is -0.459 e. The highest BCUT2D eigenvalue weighted by atomic mass is 16.3. The van der Waals surface area contributed by atoms with Gasteiger partial charge in [0.2, 0.25) is 0 Å². The van der Waals surface area contributed by atoms with Gasteiger partial charge in [0.25, 0.3) is 11.8 Å². The summed E-state index contributed by atoms with van der Waals surface area (Å²) in [5, 5.41) is 0. The smallest absolute Gasteiger partial charge is 0.293 e. The van der Waals surface area contributed by atoms with Crippen molar-refractivity contribution in [3.63, 3.8) is 0 Å². The Hall–Kier alpha value is -2.60. The van der Waals surface area contributed by atoms with E-state index >= 15 is 0 Å². The van der Waals surface area contributed by atoms with Crippen molar-refractivity contribution in [2.24, 2.45) is 17.6 Å². The third-order valence-electron chi connectivity index (χ3n) is 5.73. The monoisotopic (exact) mass is 353 g/mol. The molecule has 1 saturated heterocycles. The number of likely N-dealkylation sites (tertiary alicyclic amines) is 1. The molecule has 1 aliphatic heterocycles. The molecule has 26 heavy (non-hydrogen) atoms. The van der Waals surface area contributed by atoms with Gasteiger partial charge in [0.1, 0.15) is 0 Å². The Morgan fingerprint density at radius 3 is 2.69 bits per heavy atom. The number of benzene rings is 1. The van der Waals surface area contributed by atoms with E-state index in [9.17, 15) is 9.59 Å². The molecule has 1 aromatic carbocycles. The van der Waals surface area contributed by atoms with Crippen LogP contribution in [0.15, 0.2) is 47.1 Å². The second kappa shape index (κ2) is 6.61. The van der Waals surface area contributed by atoms with E-state index in [2.05, 4.69) is 0 Å². The van der Waals surface area contributed by atoms with Crippen molar-refractivity contribution in [1.29, 1.82) is 0 Å². The highest BCUT2D eigenvalue weighted by Gasteiger charge is 2.43. The molecule has 6 heteroatoms. The highest BCUT2D eigenvalue weighted by Crippen LogP contribution is 2.38. The van der Waals surface area contributed by atoms with Crippen LogP contribution in [0.25, 0.3) is 0 Å². The predicted octanol–water partition coefficient (Wildman–Crippen LogP) is 2.37. The van der Waals surface area contributed by atoms with Gasteiger partial charge >= 0.3 is 0 Å². The van der Waals surface area contributed by atoms with Crippen LogP contribution in [0.2, 0.25) is 0 Å². The zero-order valence-corrected chi connectivity index (χ0v) is 14.8. The molecule has 2 aromatic rings. The molecule has 2 N–H and O–H groups in total. The molecule has 3 atom stereocenters. The fourth-order valence-electron chi connectivity index (χ4n) is 4.27. The van der Waals surface area contributed by atoms with E-state index in [1.54, 1.807) is 31.3 Å². The molecule has 2 aliphatic rings. The lowest BCUT2D eigenvalue weighted by atomic mass is 9.98. The molecular formula is C20H23N3O3. The molecule has 1 aromatic heterocycles. The van der Waals surface area contributed by atoms with Crippen molar-refractivity contribution < 1.29 is 14.0 Å². The van der Waals surface area contributed by atoms with E-state index in [1.165, 1.54) is 11.2 Å². The highest BCUT2D eigenvalue weighted by molar-refractivity contribution is 6.09. The van der Waals surface area contributed by atoms with Gasteiger partial charge in [-0.3, -0.25) is 9.59 Å². The number of carbonyl (C=O) groups is 2. The Labute approximate surface area is 152 Å². The van der Waals surface area contributed by atoms with E-state index < -0.39 is 0 Å². The van der Waals surface area contributed by atoms with Gasteiger partial charge in [0.15, 0.2) is 5.76 Å². The van der Waals surface area contributed by atoms with Crippen molar-refractivity contribution in [3.05, 3.63) is 54.0 Å². The van der Waals surface area contributed by atoms with Crippen molar-refractivity contribution in [2.45, 2.75) is 18.9 Å². The number of fused-ring (bicyclic) bond motifs is 1. The number of amides is 2. The summed E-state index contributed by atoms with van der Waals surface area (Å²) in [5.41, 5.74) is 7.31. The molecule has 136 valence electrons. The topological polar surface area (TPSA) is 79.8 Å². The number of hydrogen-bond donors (Lipinski definition) is 1. The number of furan rings is 1. The molecule has 0 radical (unpaired) electrons. The maximum Gasteiger partial charge on any atom is 0.293 e. The van der Waals surface area contributed by atoms with E-state index in [0.29, 0.717) is 29.6 Å². The van der Waals surface area contributed by atoms with Crippen molar-refractivity contribution >= 4 is 17.5 Å². The molecule has 0 bridgehead atoms. The SMILES string of the molecule is CN(C(=O)c1ccco1)c1ccccc1C(=O)N1CC2CCC(N)C2C1. The molecule has 6 nitrogen and oxygen atoms in total. The third kappa shape index (κ3) is 2.80. The van der Waals surface area contributed by atoms with Crippen LogP contribution in [0.5, 0.6) is 0 Å². The number of para-hydroxylation sites is 1. The van der Waals surface area contributed by atoms with Gasteiger partial charge in [-0.05, 0) is 48.9 Å². The van der Waals surface area contributed by atoms with E-state index in [-0.39, 0.29) is 23.6 Å². The maximum atomic E-state index is 13.1. The Morgan fingerprint density at radius 1 is 1.15 bits per heavy atom. The van der Waals surface area contributed by atoms with Crippen LogP contribution in [0.1, 0.15) is 33.8 Å². The summed E-state index contributed by atoms with van der Waals surface area (Å²) in [4.78, 5) is 29.1. The fraction of sp³-hybridized carbons (Fsp3) is 0.400. The molecule has 2 heterocycles. The van der Waals surface area contributed by atoms with Crippen LogP contribution < -0.4 is 10.6 Å². The molecule has 1 saturated carbocycles. The van der Waals surface area contributed by atoms with Crippen molar-refractivity contribution in [2.75, 3.05) is 25.0 Å². The van der Waals surface area contributed by atoms with Gasteiger partial charge in [-0.2, -0.15) is 0 Å². The molecule has 4 rings (SSSR count). The van der Waals surface area contributed by atoms with Crippen molar-refractivity contribution in [3.8, 4) is 0 Å². The first-order valence-electron chi connectivity index (χ1n) is 9.01. The minimum atomic E-state index is -0.282. The summed E-state index contributed by atoms with van der Waals surface area (Å²) in [7, 11) is 1.66. The van der Waals surface area contributed by atoms with Gasteiger partial charge in [-0.25, -0.2) is 0 Å². The lowest BCUT2D eigenvalue weighted by Gasteiger charge is -2.23. The van der Waals surface area contributed by atoms with E-state index in [1.807, 2.05) is 17.0 Å². The van der Waals surface area contributed by atoms with Crippen LogP contribution in [0.3, 0.4) is 0 Å². The van der Waals surface area contributed by atoms with Gasteiger partial charge in [-0.1, -0.05) is 12.1 Å². The number of hydrogen-bond acceptors (Lipinski definition) is 4. The second-order valence-corrected chi connectivity index (χ2v) is 7.23. The molecule has 2 fully saturated rings. The van der Waals surface area contributed by atoms with E-state index in [4.69, 9.17) is 10.2 Å².